The minimum Gasteiger partial charge on any atom is -0.302 e. The monoisotopic (exact) mass is 492 g/mol. The highest BCUT2D eigenvalue weighted by molar-refractivity contribution is 6.03. The predicted octanol–water partition coefficient (Wildman–Crippen LogP) is 9.05. The number of nitro benzene ring substituents is 1. The lowest BCUT2D eigenvalue weighted by molar-refractivity contribution is -0.384. The van der Waals surface area contributed by atoms with Crippen LogP contribution in [0.4, 0.5) is 5.69 Å². The van der Waals surface area contributed by atoms with Crippen molar-refractivity contribution in [3.05, 3.63) is 156 Å². The lowest BCUT2D eigenvalue weighted by atomic mass is 9.91. The number of nitro groups is 1. The van der Waals surface area contributed by atoms with Crippen LogP contribution >= 0.6 is 0 Å². The molecule has 0 bridgehead atoms. The third kappa shape index (κ3) is 4.08. The van der Waals surface area contributed by atoms with Crippen molar-refractivity contribution in [1.82, 2.24) is 4.57 Å². The predicted molar refractivity (Wildman–Crippen MR) is 154 cm³/mol. The van der Waals surface area contributed by atoms with Crippen LogP contribution in [0.25, 0.3) is 50.5 Å². The van der Waals surface area contributed by atoms with Crippen LogP contribution in [-0.2, 0) is 0 Å². The topological polar surface area (TPSA) is 48.1 Å². The number of rotatable bonds is 6. The fourth-order valence-electron chi connectivity index (χ4n) is 5.13. The summed E-state index contributed by atoms with van der Waals surface area (Å²) in [5.41, 5.74) is 8.48. The van der Waals surface area contributed by atoms with Gasteiger partial charge in [-0.1, -0.05) is 133 Å². The fraction of sp³-hybridized carbons (Fsp3) is 0. The van der Waals surface area contributed by atoms with Gasteiger partial charge in [-0.2, -0.15) is 0 Å². The Morgan fingerprint density at radius 1 is 0.447 bits per heavy atom. The molecule has 4 heteroatoms. The van der Waals surface area contributed by atoms with Gasteiger partial charge >= 0.3 is 0 Å². The van der Waals surface area contributed by atoms with Crippen LogP contribution in [0, 0.1) is 10.1 Å². The number of benzene rings is 5. The molecule has 0 atom stereocenters. The number of hydrogen-bond donors (Lipinski definition) is 0. The van der Waals surface area contributed by atoms with Crippen molar-refractivity contribution < 1.29 is 4.92 Å². The van der Waals surface area contributed by atoms with Gasteiger partial charge in [-0.3, -0.25) is 10.1 Å². The Bertz CT molecular complexity index is 1610. The van der Waals surface area contributed by atoms with Crippen molar-refractivity contribution in [2.45, 2.75) is 0 Å². The van der Waals surface area contributed by atoms with Gasteiger partial charge in [0.05, 0.1) is 16.3 Å². The minimum atomic E-state index is -0.302. The van der Waals surface area contributed by atoms with E-state index in [1.165, 1.54) is 0 Å². The molecule has 0 fully saturated rings. The Labute approximate surface area is 221 Å². The molecule has 4 nitrogen and oxygen atoms in total. The first kappa shape index (κ1) is 23.2. The summed E-state index contributed by atoms with van der Waals surface area (Å²) in [5.74, 6) is 0. The number of aromatic nitrogens is 1. The van der Waals surface area contributed by atoms with E-state index in [9.17, 15) is 10.1 Å². The summed E-state index contributed by atoms with van der Waals surface area (Å²) >= 11 is 0. The summed E-state index contributed by atoms with van der Waals surface area (Å²) in [6.45, 7) is 0. The molecule has 6 rings (SSSR count). The highest BCUT2D eigenvalue weighted by atomic mass is 16.6. The minimum absolute atomic E-state index is 0.0519. The van der Waals surface area contributed by atoms with Crippen molar-refractivity contribution in [2.75, 3.05) is 0 Å². The Balaban J connectivity index is 1.89. The van der Waals surface area contributed by atoms with Crippen molar-refractivity contribution in [2.24, 2.45) is 0 Å². The second-order valence-corrected chi connectivity index (χ2v) is 8.99. The summed E-state index contributed by atoms with van der Waals surface area (Å²) in [5, 5.41) is 12.3. The number of hydrogen-bond acceptors (Lipinski definition) is 2. The smallest absolute Gasteiger partial charge is 0.293 e. The lowest BCUT2D eigenvalue weighted by Gasteiger charge is -2.16. The van der Waals surface area contributed by atoms with Crippen LogP contribution in [0.3, 0.4) is 0 Å². The zero-order valence-electron chi connectivity index (χ0n) is 20.6. The van der Waals surface area contributed by atoms with Crippen LogP contribution in [0.2, 0.25) is 0 Å². The van der Waals surface area contributed by atoms with Crippen molar-refractivity contribution in [3.63, 3.8) is 0 Å². The largest absolute Gasteiger partial charge is 0.302 e. The van der Waals surface area contributed by atoms with Crippen molar-refractivity contribution in [1.29, 1.82) is 0 Å². The zero-order chi connectivity index (χ0) is 25.9. The van der Waals surface area contributed by atoms with Gasteiger partial charge in [0.15, 0.2) is 0 Å². The maximum Gasteiger partial charge on any atom is 0.293 e. The van der Waals surface area contributed by atoms with Gasteiger partial charge in [-0.25, -0.2) is 0 Å². The molecule has 0 N–H and O–H groups in total. The van der Waals surface area contributed by atoms with Gasteiger partial charge in [-0.05, 0) is 28.3 Å². The molecular formula is C34H24N2O2. The molecule has 0 saturated carbocycles. The van der Waals surface area contributed by atoms with Crippen LogP contribution in [0.1, 0.15) is 0 Å². The van der Waals surface area contributed by atoms with Gasteiger partial charge in [0.25, 0.3) is 5.69 Å². The first-order chi connectivity index (χ1) is 18.7. The highest BCUT2D eigenvalue weighted by Crippen LogP contribution is 2.50. The zero-order valence-corrected chi connectivity index (χ0v) is 20.6. The summed E-state index contributed by atoms with van der Waals surface area (Å²) in [7, 11) is 0. The van der Waals surface area contributed by atoms with Crippen molar-refractivity contribution in [3.8, 4) is 50.5 Å². The first-order valence-electron chi connectivity index (χ1n) is 12.5. The van der Waals surface area contributed by atoms with Gasteiger partial charge in [0.2, 0.25) is 0 Å². The molecule has 182 valence electrons. The number of nitrogens with zero attached hydrogens (tertiary/aromatic N) is 2. The molecule has 0 amide bonds. The third-order valence-electron chi connectivity index (χ3n) is 6.71. The second-order valence-electron chi connectivity index (χ2n) is 8.99. The maximum atomic E-state index is 12.3. The molecule has 0 aliphatic rings. The summed E-state index contributed by atoms with van der Waals surface area (Å²) < 4.78 is 2.08. The molecule has 1 aromatic heterocycles. The maximum absolute atomic E-state index is 12.3. The first-order valence-corrected chi connectivity index (χ1v) is 12.5. The van der Waals surface area contributed by atoms with Gasteiger partial charge in [0, 0.05) is 17.2 Å². The van der Waals surface area contributed by atoms with Crippen LogP contribution in [0.15, 0.2) is 146 Å². The SMILES string of the molecule is O=[N+]([O-])c1ccccc1-n1c(-c2ccccc2)c(-c2ccccc2)c(-c2ccccc2)c1-c1ccccc1. The van der Waals surface area contributed by atoms with Gasteiger partial charge < -0.3 is 4.57 Å². The van der Waals surface area contributed by atoms with Crippen LogP contribution in [0.5, 0.6) is 0 Å². The molecule has 1 heterocycles. The highest BCUT2D eigenvalue weighted by Gasteiger charge is 2.30. The van der Waals surface area contributed by atoms with E-state index in [0.717, 1.165) is 44.8 Å². The Morgan fingerprint density at radius 2 is 0.789 bits per heavy atom. The van der Waals surface area contributed by atoms with E-state index in [1.54, 1.807) is 12.1 Å². The number of para-hydroxylation sites is 2. The molecule has 0 saturated heterocycles. The van der Waals surface area contributed by atoms with Crippen LogP contribution in [-0.4, -0.2) is 9.49 Å². The summed E-state index contributed by atoms with van der Waals surface area (Å²) in [4.78, 5) is 12.0. The van der Waals surface area contributed by atoms with E-state index in [1.807, 2.05) is 84.9 Å². The summed E-state index contributed by atoms with van der Waals surface area (Å²) in [6, 6.07) is 47.8. The molecule has 38 heavy (non-hydrogen) atoms. The Hall–Kier alpha value is -5.22. The lowest BCUT2D eigenvalue weighted by Crippen LogP contribution is -2.04. The van der Waals surface area contributed by atoms with E-state index in [-0.39, 0.29) is 10.6 Å². The normalized spacial score (nSPS) is 10.8. The molecule has 0 spiro atoms. The standard InChI is InChI=1S/C34H24N2O2/c37-36(38)30-24-14-13-23-29(30)35-33(27-19-9-3-10-20-27)31(25-15-5-1-6-16-25)32(26-17-7-2-8-18-26)34(35)28-21-11-4-12-22-28/h1-24H. The Kier molecular flexibility index (Phi) is 6.12. The molecule has 0 aliphatic heterocycles. The Morgan fingerprint density at radius 3 is 1.18 bits per heavy atom. The van der Waals surface area contributed by atoms with E-state index in [2.05, 4.69) is 53.1 Å². The van der Waals surface area contributed by atoms with E-state index in [0.29, 0.717) is 5.69 Å². The van der Waals surface area contributed by atoms with Crippen molar-refractivity contribution >= 4 is 5.69 Å². The van der Waals surface area contributed by atoms with E-state index in [4.69, 9.17) is 0 Å². The average Bonchev–Trinajstić information content (AvgIpc) is 3.35. The summed E-state index contributed by atoms with van der Waals surface area (Å²) in [6.07, 6.45) is 0. The molecule has 6 aromatic rings. The van der Waals surface area contributed by atoms with E-state index >= 15 is 0 Å². The van der Waals surface area contributed by atoms with Crippen LogP contribution < -0.4 is 0 Å². The van der Waals surface area contributed by atoms with Gasteiger partial charge in [0.1, 0.15) is 5.69 Å². The fourth-order valence-corrected chi connectivity index (χ4v) is 5.13. The molecule has 0 radical (unpaired) electrons. The molecule has 0 unspecified atom stereocenters. The molecule has 0 aliphatic carbocycles. The molecule has 5 aromatic carbocycles. The van der Waals surface area contributed by atoms with E-state index < -0.39 is 0 Å². The third-order valence-corrected chi connectivity index (χ3v) is 6.71. The second kappa shape index (κ2) is 10.0. The molecular weight excluding hydrogens is 468 g/mol. The average molecular weight is 493 g/mol. The quantitative estimate of drug-likeness (QED) is 0.172. The van der Waals surface area contributed by atoms with Gasteiger partial charge in [-0.15, -0.1) is 0 Å².